The van der Waals surface area contributed by atoms with Gasteiger partial charge in [0.2, 0.25) is 0 Å². The molecule has 0 spiro atoms. The molecule has 1 amide bonds. The molecule has 20 heavy (non-hydrogen) atoms. The summed E-state index contributed by atoms with van der Waals surface area (Å²) in [4.78, 5) is 23.7. The first-order chi connectivity index (χ1) is 9.54. The van der Waals surface area contributed by atoms with Gasteiger partial charge in [0.15, 0.2) is 6.61 Å². The number of hydrogen-bond acceptors (Lipinski definition) is 4. The summed E-state index contributed by atoms with van der Waals surface area (Å²) in [6, 6.07) is 10.8. The number of anilines is 1. The van der Waals surface area contributed by atoms with Crippen molar-refractivity contribution < 1.29 is 14.3 Å². The average Bonchev–Trinajstić information content (AvgIpc) is 2.85. The summed E-state index contributed by atoms with van der Waals surface area (Å²) in [5.41, 5.74) is 1.79. The zero-order chi connectivity index (χ0) is 14.5. The largest absolute Gasteiger partial charge is 0.451 e. The summed E-state index contributed by atoms with van der Waals surface area (Å²) in [6.45, 7) is 1.66. The fourth-order valence-corrected chi connectivity index (χ4v) is 2.74. The van der Waals surface area contributed by atoms with E-state index in [2.05, 4.69) is 21.2 Å². The van der Waals surface area contributed by atoms with E-state index in [1.165, 1.54) is 11.3 Å². The molecule has 104 valence electrons. The van der Waals surface area contributed by atoms with E-state index >= 15 is 0 Å². The van der Waals surface area contributed by atoms with Crippen LogP contribution in [-0.2, 0) is 9.53 Å². The van der Waals surface area contributed by atoms with Crippen LogP contribution < -0.4 is 5.32 Å². The van der Waals surface area contributed by atoms with Crippen molar-refractivity contribution in [1.29, 1.82) is 0 Å². The molecule has 0 bridgehead atoms. The highest BCUT2D eigenvalue weighted by Crippen LogP contribution is 2.22. The Hall–Kier alpha value is -1.66. The van der Waals surface area contributed by atoms with Gasteiger partial charge in [-0.15, -0.1) is 11.3 Å². The third kappa shape index (κ3) is 4.18. The highest BCUT2D eigenvalue weighted by atomic mass is 79.9. The minimum atomic E-state index is -0.500. The number of aryl methyl sites for hydroxylation is 1. The summed E-state index contributed by atoms with van der Waals surface area (Å²) in [7, 11) is 0. The van der Waals surface area contributed by atoms with Gasteiger partial charge in [0.25, 0.3) is 5.91 Å². The Morgan fingerprint density at radius 1 is 1.20 bits per heavy atom. The molecule has 0 radical (unpaired) electrons. The van der Waals surface area contributed by atoms with Crippen LogP contribution in [0.5, 0.6) is 0 Å². The maximum Gasteiger partial charge on any atom is 0.348 e. The molecule has 2 rings (SSSR count). The number of rotatable bonds is 4. The fourth-order valence-electron chi connectivity index (χ4n) is 1.46. The van der Waals surface area contributed by atoms with Gasteiger partial charge in [0, 0.05) is 5.69 Å². The first kappa shape index (κ1) is 14.7. The van der Waals surface area contributed by atoms with Crippen molar-refractivity contribution in [2.24, 2.45) is 0 Å². The first-order valence-corrected chi connectivity index (χ1v) is 7.44. The minimum Gasteiger partial charge on any atom is -0.451 e. The summed E-state index contributed by atoms with van der Waals surface area (Å²) in [5.74, 6) is -0.863. The monoisotopic (exact) mass is 353 g/mol. The second kappa shape index (κ2) is 6.67. The summed E-state index contributed by atoms with van der Waals surface area (Å²) in [6.07, 6.45) is 0. The molecule has 2 aromatic rings. The van der Waals surface area contributed by atoms with Crippen molar-refractivity contribution in [3.63, 3.8) is 0 Å². The zero-order valence-electron chi connectivity index (χ0n) is 10.7. The number of thiophene rings is 1. The number of carbonyl (C=O) groups excluding carboxylic acids is 2. The molecule has 1 aromatic carbocycles. The molecule has 1 aromatic heterocycles. The van der Waals surface area contributed by atoms with Crippen LogP contribution >= 0.6 is 27.3 Å². The fraction of sp³-hybridized carbons (Fsp3) is 0.143. The van der Waals surface area contributed by atoms with Crippen LogP contribution in [0.1, 0.15) is 15.2 Å². The number of hydrogen-bond donors (Lipinski definition) is 1. The number of halogens is 1. The average molecular weight is 354 g/mol. The molecule has 0 unspecified atom stereocenters. The normalized spacial score (nSPS) is 10.1. The van der Waals surface area contributed by atoms with Crippen LogP contribution in [0.25, 0.3) is 0 Å². The van der Waals surface area contributed by atoms with E-state index < -0.39 is 5.97 Å². The van der Waals surface area contributed by atoms with Gasteiger partial charge in [0.05, 0.1) is 3.79 Å². The zero-order valence-corrected chi connectivity index (χ0v) is 13.1. The molecular formula is C14H12BrNO3S. The minimum absolute atomic E-state index is 0.303. The lowest BCUT2D eigenvalue weighted by Gasteiger charge is -2.06. The molecule has 6 heteroatoms. The predicted molar refractivity (Wildman–Crippen MR) is 82.1 cm³/mol. The van der Waals surface area contributed by atoms with Gasteiger partial charge in [-0.1, -0.05) is 17.7 Å². The van der Waals surface area contributed by atoms with E-state index in [1.807, 2.05) is 19.1 Å². The molecule has 1 N–H and O–H groups in total. The van der Waals surface area contributed by atoms with E-state index in [4.69, 9.17) is 4.74 Å². The Kier molecular flexibility index (Phi) is 4.92. The topological polar surface area (TPSA) is 55.4 Å². The van der Waals surface area contributed by atoms with E-state index in [0.29, 0.717) is 10.6 Å². The second-order valence-electron chi connectivity index (χ2n) is 4.09. The van der Waals surface area contributed by atoms with Gasteiger partial charge in [-0.05, 0) is 47.1 Å². The molecule has 4 nitrogen and oxygen atoms in total. The maximum atomic E-state index is 11.6. The van der Waals surface area contributed by atoms with E-state index in [1.54, 1.807) is 24.3 Å². The third-order valence-corrected chi connectivity index (χ3v) is 4.05. The standard InChI is InChI=1S/C14H12BrNO3S/c1-9-2-4-10(5-3-9)16-13(17)8-19-14(18)11-6-7-12(15)20-11/h2-7H,8H2,1H3,(H,16,17). The molecule has 0 aliphatic rings. The molecule has 0 fully saturated rings. The first-order valence-electron chi connectivity index (χ1n) is 5.83. The Bertz CT molecular complexity index is 622. The van der Waals surface area contributed by atoms with Gasteiger partial charge in [-0.25, -0.2) is 4.79 Å². The number of ether oxygens (including phenoxy) is 1. The lowest BCUT2D eigenvalue weighted by atomic mass is 10.2. The van der Waals surface area contributed by atoms with Gasteiger partial charge in [0.1, 0.15) is 4.88 Å². The predicted octanol–water partition coefficient (Wildman–Crippen LogP) is 3.61. The van der Waals surface area contributed by atoms with E-state index in [0.717, 1.165) is 9.35 Å². The van der Waals surface area contributed by atoms with Gasteiger partial charge < -0.3 is 10.1 Å². The summed E-state index contributed by atoms with van der Waals surface area (Å²) >= 11 is 4.53. The molecule has 0 saturated carbocycles. The molecule has 0 aliphatic carbocycles. The van der Waals surface area contributed by atoms with Crippen LogP contribution in [0.2, 0.25) is 0 Å². The van der Waals surface area contributed by atoms with Crippen LogP contribution in [-0.4, -0.2) is 18.5 Å². The summed E-state index contributed by atoms with van der Waals surface area (Å²) < 4.78 is 5.78. The van der Waals surface area contributed by atoms with Gasteiger partial charge in [-0.2, -0.15) is 0 Å². The van der Waals surface area contributed by atoms with Crippen molar-refractivity contribution in [1.82, 2.24) is 0 Å². The number of carbonyl (C=O) groups is 2. The van der Waals surface area contributed by atoms with Gasteiger partial charge in [-0.3, -0.25) is 4.79 Å². The summed E-state index contributed by atoms with van der Waals surface area (Å²) in [5, 5.41) is 2.66. The molecule has 1 heterocycles. The molecule has 0 aliphatic heterocycles. The maximum absolute atomic E-state index is 11.6. The number of amides is 1. The van der Waals surface area contributed by atoms with Crippen molar-refractivity contribution in [2.45, 2.75) is 6.92 Å². The third-order valence-electron chi connectivity index (χ3n) is 2.44. The Morgan fingerprint density at radius 3 is 2.50 bits per heavy atom. The van der Waals surface area contributed by atoms with Crippen molar-refractivity contribution in [3.05, 3.63) is 50.6 Å². The highest BCUT2D eigenvalue weighted by Gasteiger charge is 2.12. The molecule has 0 atom stereocenters. The number of esters is 1. The smallest absolute Gasteiger partial charge is 0.348 e. The quantitative estimate of drug-likeness (QED) is 0.854. The van der Waals surface area contributed by atoms with Crippen LogP contribution in [0.15, 0.2) is 40.2 Å². The molecule has 0 saturated heterocycles. The Morgan fingerprint density at radius 2 is 1.90 bits per heavy atom. The van der Waals surface area contributed by atoms with E-state index in [9.17, 15) is 9.59 Å². The van der Waals surface area contributed by atoms with Crippen molar-refractivity contribution in [3.8, 4) is 0 Å². The van der Waals surface area contributed by atoms with Crippen molar-refractivity contribution in [2.75, 3.05) is 11.9 Å². The lowest BCUT2D eigenvalue weighted by Crippen LogP contribution is -2.20. The SMILES string of the molecule is Cc1ccc(NC(=O)COC(=O)c2ccc(Br)s2)cc1. The highest BCUT2D eigenvalue weighted by molar-refractivity contribution is 9.11. The van der Waals surface area contributed by atoms with Crippen LogP contribution in [0.4, 0.5) is 5.69 Å². The Balaban J connectivity index is 1.83. The Labute approximate surface area is 128 Å². The lowest BCUT2D eigenvalue weighted by molar-refractivity contribution is -0.119. The number of nitrogens with one attached hydrogen (secondary N) is 1. The number of benzene rings is 1. The van der Waals surface area contributed by atoms with Crippen LogP contribution in [0.3, 0.4) is 0 Å². The van der Waals surface area contributed by atoms with Crippen molar-refractivity contribution >= 4 is 44.8 Å². The van der Waals surface area contributed by atoms with Gasteiger partial charge >= 0.3 is 5.97 Å². The van der Waals surface area contributed by atoms with Crippen LogP contribution in [0, 0.1) is 6.92 Å². The van der Waals surface area contributed by atoms with E-state index in [-0.39, 0.29) is 12.5 Å². The second-order valence-corrected chi connectivity index (χ2v) is 6.56. The molecular weight excluding hydrogens is 342 g/mol.